The van der Waals surface area contributed by atoms with E-state index >= 15 is 0 Å². The number of hydrogen-bond donors (Lipinski definition) is 11. The second-order valence-corrected chi connectivity index (χ2v) is 13.3. The molecule has 2 rings (SSSR count). The second kappa shape index (κ2) is 21.2. The van der Waals surface area contributed by atoms with E-state index in [0.717, 1.165) is 0 Å². The maximum atomic E-state index is 13.0. The number of rotatable bonds is 22. The Morgan fingerprint density at radius 3 is 1.87 bits per heavy atom. The van der Waals surface area contributed by atoms with Crippen LogP contribution in [0.15, 0.2) is 0 Å². The third-order valence-electron chi connectivity index (χ3n) is 8.68. The number of aliphatic hydroxyl groups excluding tert-OH is 1. The first kappa shape index (κ1) is 46.2. The summed E-state index contributed by atoms with van der Waals surface area (Å²) in [7, 11) is 0. The van der Waals surface area contributed by atoms with Gasteiger partial charge in [-0.2, -0.15) is 0 Å². The first-order chi connectivity index (χ1) is 25.6. The van der Waals surface area contributed by atoms with Crippen LogP contribution in [0, 0.1) is 0 Å². The van der Waals surface area contributed by atoms with E-state index in [4.69, 9.17) is 30.2 Å². The molecule has 2 heterocycles. The lowest BCUT2D eigenvalue weighted by atomic mass is 9.98. The minimum atomic E-state index is -1.64. The lowest BCUT2D eigenvalue weighted by molar-refractivity contribution is -0.209. The van der Waals surface area contributed by atoms with Gasteiger partial charge in [-0.25, -0.2) is 4.79 Å². The summed E-state index contributed by atoms with van der Waals surface area (Å²) >= 11 is 0. The molecule has 0 aliphatic carbocycles. The van der Waals surface area contributed by atoms with Crippen LogP contribution in [0.5, 0.6) is 0 Å². The van der Waals surface area contributed by atoms with Crippen molar-refractivity contribution < 1.29 is 77.8 Å². The lowest BCUT2D eigenvalue weighted by Crippen LogP contribution is -2.62. The molecule has 2 saturated heterocycles. The smallest absolute Gasteiger partial charge is 0.326 e. The van der Waals surface area contributed by atoms with E-state index in [1.54, 1.807) is 0 Å². The predicted molar refractivity (Wildman–Crippen MR) is 183 cm³/mol. The van der Waals surface area contributed by atoms with Gasteiger partial charge in [0.15, 0.2) is 6.29 Å². The minimum absolute atomic E-state index is 0.0298. The van der Waals surface area contributed by atoms with E-state index in [0.29, 0.717) is 0 Å². The number of fused-ring (bicyclic) bond motifs is 2. The molecule has 12 N–H and O–H groups in total. The van der Waals surface area contributed by atoms with E-state index in [1.807, 2.05) is 0 Å². The molecule has 0 radical (unpaired) electrons. The molecule has 0 aromatic heterocycles. The van der Waals surface area contributed by atoms with Gasteiger partial charge in [0.05, 0.1) is 6.61 Å². The molecule has 23 heteroatoms. The Morgan fingerprint density at radius 1 is 0.727 bits per heavy atom. The Labute approximate surface area is 315 Å². The van der Waals surface area contributed by atoms with Crippen LogP contribution >= 0.6 is 0 Å². The van der Waals surface area contributed by atoms with Crippen molar-refractivity contribution in [3.8, 4) is 0 Å². The maximum Gasteiger partial charge on any atom is 0.326 e. The number of carbonyl (C=O) groups excluding carboxylic acids is 6. The van der Waals surface area contributed by atoms with Crippen molar-refractivity contribution in [1.29, 1.82) is 0 Å². The fraction of sp³-hybridized carbons (Fsp3) is 0.719. The summed E-state index contributed by atoms with van der Waals surface area (Å²) in [5.41, 5.74) is 5.52. The predicted octanol–water partition coefficient (Wildman–Crippen LogP) is -4.60. The molecule has 0 aromatic carbocycles. The Hall–Kier alpha value is -4.97. The summed E-state index contributed by atoms with van der Waals surface area (Å²) in [6.45, 7) is 6.32. The van der Waals surface area contributed by atoms with Crippen LogP contribution < -0.4 is 37.6 Å². The van der Waals surface area contributed by atoms with Gasteiger partial charge in [-0.1, -0.05) is 0 Å². The number of carbonyl (C=O) groups is 9. The number of aliphatic carboxylic acids is 3. The third kappa shape index (κ3) is 14.3. The summed E-state index contributed by atoms with van der Waals surface area (Å²) in [4.78, 5) is 110. The van der Waals surface area contributed by atoms with E-state index < -0.39 is 139 Å². The van der Waals surface area contributed by atoms with Gasteiger partial charge in [-0.15, -0.1) is 0 Å². The van der Waals surface area contributed by atoms with Gasteiger partial charge >= 0.3 is 17.9 Å². The van der Waals surface area contributed by atoms with Gasteiger partial charge in [0.25, 0.3) is 0 Å². The molecule has 2 aliphatic heterocycles. The molecule has 12 atom stereocenters. The number of ether oxygens (including phenoxy) is 3. The standard InChI is InChI=1S/C32H51N7O16/c1-12(25(43)36-14(3)29(47)48)35-28(46)18(8-6-7-17(33)30(49)50)38-21(41)10-9-19(31(51)52)39-26(44)13(2)34-27(45)15(4)54-24-22(37-16(5)40)32-53-11-20(55-32)23(24)42/h12-15,17-20,22-24,32,42H,6-11,33H2,1-5H3,(H,34,45)(H,35,46)(H,36,43)(H,37,40)(H,38,41)(H,39,44)(H,47,48)(H,49,50)(H,51,52)/t12-,13+,14-,15-,17-,18+,19-,20-,22-,23-,24-,32-/m1/s1. The zero-order valence-electron chi connectivity index (χ0n) is 30.9. The quantitative estimate of drug-likeness (QED) is 0.0491. The molecule has 0 unspecified atom stereocenters. The van der Waals surface area contributed by atoms with Gasteiger partial charge in [0, 0.05) is 13.3 Å². The number of hydrogen-bond acceptors (Lipinski definition) is 14. The highest BCUT2D eigenvalue weighted by Gasteiger charge is 2.52. The molecule has 23 nitrogen and oxygen atoms in total. The molecule has 6 amide bonds. The van der Waals surface area contributed by atoms with Crippen LogP contribution in [-0.4, -0.2) is 153 Å². The summed E-state index contributed by atoms with van der Waals surface area (Å²) in [6, 6.07) is -9.06. The van der Waals surface area contributed by atoms with Gasteiger partial charge in [0.2, 0.25) is 35.4 Å². The van der Waals surface area contributed by atoms with Crippen molar-refractivity contribution >= 4 is 53.4 Å². The molecule has 0 saturated carbocycles. The van der Waals surface area contributed by atoms with Crippen molar-refractivity contribution in [3.05, 3.63) is 0 Å². The SMILES string of the molecule is CC(=O)N[C@H]1[C@@H]2OC[C@@H](O2)[C@@H](O)[C@@H]1O[C@H](C)C(=O)N[C@@H](C)C(=O)N[C@H](CCC(=O)N[C@@H](CCC[C@@H](N)C(=O)O)C(=O)N[C@H](C)C(=O)N[C@H](C)C(=O)O)C(=O)O. The monoisotopic (exact) mass is 789 g/mol. The third-order valence-corrected chi connectivity index (χ3v) is 8.68. The van der Waals surface area contributed by atoms with Gasteiger partial charge in [-0.05, 0) is 53.4 Å². The number of nitrogens with two attached hydrogens (primary N) is 1. The van der Waals surface area contributed by atoms with Gasteiger partial charge < -0.3 is 72.3 Å². The van der Waals surface area contributed by atoms with E-state index in [1.165, 1.54) is 34.6 Å². The van der Waals surface area contributed by atoms with Crippen molar-refractivity contribution in [3.63, 3.8) is 0 Å². The van der Waals surface area contributed by atoms with Gasteiger partial charge in [-0.3, -0.25) is 38.4 Å². The summed E-state index contributed by atoms with van der Waals surface area (Å²) < 4.78 is 16.7. The number of nitrogens with one attached hydrogen (secondary N) is 6. The van der Waals surface area contributed by atoms with E-state index in [2.05, 4.69) is 31.9 Å². The highest BCUT2D eigenvalue weighted by molar-refractivity contribution is 5.94. The van der Waals surface area contributed by atoms with Crippen LogP contribution in [-0.2, 0) is 57.4 Å². The average Bonchev–Trinajstić information content (AvgIpc) is 3.55. The van der Waals surface area contributed by atoms with Gasteiger partial charge in [0.1, 0.15) is 66.7 Å². The number of aliphatic hydroxyl groups is 1. The molecule has 2 bridgehead atoms. The second-order valence-electron chi connectivity index (χ2n) is 13.3. The molecule has 2 aliphatic rings. The lowest BCUT2D eigenvalue weighted by Gasteiger charge is -2.39. The average molecular weight is 790 g/mol. The highest BCUT2D eigenvalue weighted by atomic mass is 16.7. The molecular weight excluding hydrogens is 738 g/mol. The number of carboxylic acids is 3. The van der Waals surface area contributed by atoms with Crippen molar-refractivity contribution in [2.75, 3.05) is 6.61 Å². The topological polar surface area (TPSA) is 360 Å². The molecule has 0 spiro atoms. The number of carboxylic acid groups (broad SMARTS) is 3. The summed E-state index contributed by atoms with van der Waals surface area (Å²) in [6.07, 6.45) is -6.58. The molecule has 0 aromatic rings. The Balaban J connectivity index is 1.99. The van der Waals surface area contributed by atoms with Crippen LogP contribution in [0.1, 0.15) is 66.7 Å². The fourth-order valence-electron chi connectivity index (χ4n) is 5.44. The maximum absolute atomic E-state index is 13.0. The number of amides is 6. The first-order valence-electron chi connectivity index (χ1n) is 17.4. The zero-order valence-corrected chi connectivity index (χ0v) is 30.9. The summed E-state index contributed by atoms with van der Waals surface area (Å²) in [5.74, 6) is -8.96. The molecule has 310 valence electrons. The van der Waals surface area contributed by atoms with Crippen LogP contribution in [0.25, 0.3) is 0 Å². The van der Waals surface area contributed by atoms with Crippen LogP contribution in [0.3, 0.4) is 0 Å². The van der Waals surface area contributed by atoms with Crippen LogP contribution in [0.2, 0.25) is 0 Å². The molecule has 55 heavy (non-hydrogen) atoms. The van der Waals surface area contributed by atoms with Crippen LogP contribution in [0.4, 0.5) is 0 Å². The van der Waals surface area contributed by atoms with E-state index in [9.17, 15) is 53.4 Å². The first-order valence-corrected chi connectivity index (χ1v) is 17.4. The largest absolute Gasteiger partial charge is 0.480 e. The Morgan fingerprint density at radius 2 is 1.31 bits per heavy atom. The van der Waals surface area contributed by atoms with Crippen molar-refractivity contribution in [2.45, 2.75) is 140 Å². The Kier molecular flexibility index (Phi) is 17.8. The normalized spacial score (nSPS) is 23.9. The zero-order chi connectivity index (χ0) is 41.7. The molecule has 2 fully saturated rings. The van der Waals surface area contributed by atoms with Crippen molar-refractivity contribution in [2.24, 2.45) is 5.73 Å². The highest BCUT2D eigenvalue weighted by Crippen LogP contribution is 2.30. The minimum Gasteiger partial charge on any atom is -0.480 e. The van der Waals surface area contributed by atoms with Crippen molar-refractivity contribution in [1.82, 2.24) is 31.9 Å². The molecular formula is C32H51N7O16. The fourth-order valence-corrected chi connectivity index (χ4v) is 5.44. The Bertz CT molecular complexity index is 1450. The van der Waals surface area contributed by atoms with E-state index in [-0.39, 0.29) is 25.9 Å². The summed E-state index contributed by atoms with van der Waals surface area (Å²) in [5, 5.41) is 52.5.